The predicted molar refractivity (Wildman–Crippen MR) is 69.7 cm³/mol. The topological polar surface area (TPSA) is 56.0 Å². The molecule has 0 aromatic heterocycles. The summed E-state index contributed by atoms with van der Waals surface area (Å²) >= 11 is 0. The zero-order chi connectivity index (χ0) is 12.9. The van der Waals surface area contributed by atoms with Crippen LogP contribution in [0.1, 0.15) is 32.8 Å². The van der Waals surface area contributed by atoms with Crippen molar-refractivity contribution in [2.45, 2.75) is 32.8 Å². The van der Waals surface area contributed by atoms with Gasteiger partial charge in [0, 0.05) is 6.54 Å². The molecule has 0 aliphatic carbocycles. The second-order valence-electron chi connectivity index (χ2n) is 5.11. The minimum absolute atomic E-state index is 0.443. The molecule has 17 heavy (non-hydrogen) atoms. The van der Waals surface area contributed by atoms with Gasteiger partial charge in [-0.15, -0.1) is 0 Å². The van der Waals surface area contributed by atoms with Crippen LogP contribution >= 0.6 is 0 Å². The van der Waals surface area contributed by atoms with E-state index in [2.05, 4.69) is 25.2 Å². The van der Waals surface area contributed by atoms with Gasteiger partial charge in [0.2, 0.25) is 0 Å². The lowest BCUT2D eigenvalue weighted by molar-refractivity contribution is 0.0515. The van der Waals surface area contributed by atoms with Gasteiger partial charge in [-0.25, -0.2) is 0 Å². The van der Waals surface area contributed by atoms with E-state index in [-0.39, 0.29) is 0 Å². The molecule has 1 unspecified atom stereocenters. The Hall–Kier alpha value is -1.53. The molecule has 2 N–H and O–H groups in total. The number of nitrogens with zero attached hydrogens (tertiary/aromatic N) is 1. The Labute approximate surface area is 103 Å². The number of nitriles is 1. The third-order valence-electron chi connectivity index (χ3n) is 2.56. The van der Waals surface area contributed by atoms with E-state index in [9.17, 15) is 5.11 Å². The first-order valence-electron chi connectivity index (χ1n) is 5.90. The van der Waals surface area contributed by atoms with Crippen LogP contribution in [0.2, 0.25) is 0 Å². The Morgan fingerprint density at radius 3 is 2.65 bits per heavy atom. The van der Waals surface area contributed by atoms with Crippen molar-refractivity contribution >= 4 is 5.69 Å². The van der Waals surface area contributed by atoms with Crippen LogP contribution < -0.4 is 5.32 Å². The monoisotopic (exact) mass is 232 g/mol. The SMILES string of the molecule is CC(C)CC(C)(O)CNc1ccccc1C#N. The van der Waals surface area contributed by atoms with E-state index in [1.165, 1.54) is 0 Å². The number of anilines is 1. The Bertz CT molecular complexity index is 405. The van der Waals surface area contributed by atoms with Crippen LogP contribution in [0.5, 0.6) is 0 Å². The Morgan fingerprint density at radius 1 is 1.41 bits per heavy atom. The fourth-order valence-electron chi connectivity index (χ4n) is 1.97. The van der Waals surface area contributed by atoms with Crippen LogP contribution in [0.25, 0.3) is 0 Å². The number of aliphatic hydroxyl groups is 1. The van der Waals surface area contributed by atoms with Crippen molar-refractivity contribution in [3.63, 3.8) is 0 Å². The zero-order valence-electron chi connectivity index (χ0n) is 10.7. The van der Waals surface area contributed by atoms with E-state index in [4.69, 9.17) is 5.26 Å². The highest BCUT2D eigenvalue weighted by atomic mass is 16.3. The molecule has 92 valence electrons. The van der Waals surface area contributed by atoms with E-state index in [1.54, 1.807) is 6.07 Å². The lowest BCUT2D eigenvalue weighted by atomic mass is 9.94. The summed E-state index contributed by atoms with van der Waals surface area (Å²) in [7, 11) is 0. The van der Waals surface area contributed by atoms with Gasteiger partial charge in [0.15, 0.2) is 0 Å². The van der Waals surface area contributed by atoms with Crippen LogP contribution in [0.15, 0.2) is 24.3 Å². The molecule has 3 heteroatoms. The van der Waals surface area contributed by atoms with Gasteiger partial charge in [-0.1, -0.05) is 26.0 Å². The molecule has 0 heterocycles. The molecular formula is C14H20N2O. The quantitative estimate of drug-likeness (QED) is 0.820. The molecule has 0 radical (unpaired) electrons. The first kappa shape index (κ1) is 13.5. The Morgan fingerprint density at radius 2 is 2.06 bits per heavy atom. The molecular weight excluding hydrogens is 212 g/mol. The molecule has 0 fully saturated rings. The van der Waals surface area contributed by atoms with E-state index in [0.29, 0.717) is 18.0 Å². The van der Waals surface area contributed by atoms with Crippen molar-refractivity contribution in [3.8, 4) is 6.07 Å². The third kappa shape index (κ3) is 4.46. The van der Waals surface area contributed by atoms with Crippen molar-refractivity contribution in [2.75, 3.05) is 11.9 Å². The van der Waals surface area contributed by atoms with Crippen molar-refractivity contribution in [1.29, 1.82) is 5.26 Å². The van der Waals surface area contributed by atoms with Gasteiger partial charge in [-0.3, -0.25) is 0 Å². The number of nitrogens with one attached hydrogen (secondary N) is 1. The van der Waals surface area contributed by atoms with Crippen LogP contribution in [0.3, 0.4) is 0 Å². The molecule has 1 atom stereocenters. The van der Waals surface area contributed by atoms with Crippen LogP contribution in [-0.2, 0) is 0 Å². The highest BCUT2D eigenvalue weighted by Crippen LogP contribution is 2.19. The molecule has 0 saturated carbocycles. The normalized spacial score (nSPS) is 14.1. The fourth-order valence-corrected chi connectivity index (χ4v) is 1.97. The minimum atomic E-state index is -0.753. The third-order valence-corrected chi connectivity index (χ3v) is 2.56. The van der Waals surface area contributed by atoms with Crippen molar-refractivity contribution in [2.24, 2.45) is 5.92 Å². The molecule has 3 nitrogen and oxygen atoms in total. The van der Waals surface area contributed by atoms with Crippen molar-refractivity contribution < 1.29 is 5.11 Å². The zero-order valence-corrected chi connectivity index (χ0v) is 10.7. The lowest BCUT2D eigenvalue weighted by Gasteiger charge is -2.26. The smallest absolute Gasteiger partial charge is 0.101 e. The number of hydrogen-bond donors (Lipinski definition) is 2. The van der Waals surface area contributed by atoms with Crippen LogP contribution in [0.4, 0.5) is 5.69 Å². The highest BCUT2D eigenvalue weighted by Gasteiger charge is 2.21. The van der Waals surface area contributed by atoms with Gasteiger partial charge in [-0.05, 0) is 31.4 Å². The maximum atomic E-state index is 10.2. The predicted octanol–water partition coefficient (Wildman–Crippen LogP) is 2.77. The van der Waals surface area contributed by atoms with E-state index in [0.717, 1.165) is 12.1 Å². The summed E-state index contributed by atoms with van der Waals surface area (Å²) in [6.07, 6.45) is 0.731. The summed E-state index contributed by atoms with van der Waals surface area (Å²) in [5, 5.41) is 22.2. The molecule has 0 saturated heterocycles. The molecule has 1 aromatic rings. The van der Waals surface area contributed by atoms with Gasteiger partial charge < -0.3 is 10.4 Å². The van der Waals surface area contributed by atoms with Crippen LogP contribution in [0, 0.1) is 17.2 Å². The number of benzene rings is 1. The van der Waals surface area contributed by atoms with E-state index >= 15 is 0 Å². The molecule has 1 rings (SSSR count). The lowest BCUT2D eigenvalue weighted by Crippen LogP contribution is -2.35. The minimum Gasteiger partial charge on any atom is -0.388 e. The van der Waals surface area contributed by atoms with Gasteiger partial charge >= 0.3 is 0 Å². The van der Waals surface area contributed by atoms with Gasteiger partial charge in [0.05, 0.1) is 16.9 Å². The van der Waals surface area contributed by atoms with Crippen LogP contribution in [-0.4, -0.2) is 17.3 Å². The fraction of sp³-hybridized carbons (Fsp3) is 0.500. The molecule has 0 amide bonds. The first-order chi connectivity index (χ1) is 7.94. The largest absolute Gasteiger partial charge is 0.388 e. The van der Waals surface area contributed by atoms with E-state index < -0.39 is 5.60 Å². The molecule has 1 aromatic carbocycles. The number of hydrogen-bond acceptors (Lipinski definition) is 3. The first-order valence-corrected chi connectivity index (χ1v) is 5.90. The highest BCUT2D eigenvalue weighted by molar-refractivity contribution is 5.57. The summed E-state index contributed by atoms with van der Waals surface area (Å²) in [6, 6.07) is 9.45. The second kappa shape index (κ2) is 5.70. The molecule has 0 aliphatic heterocycles. The summed E-state index contributed by atoms with van der Waals surface area (Å²) in [5.41, 5.74) is 0.628. The summed E-state index contributed by atoms with van der Waals surface area (Å²) < 4.78 is 0. The average molecular weight is 232 g/mol. The summed E-state index contributed by atoms with van der Waals surface area (Å²) in [6.45, 7) is 6.42. The maximum Gasteiger partial charge on any atom is 0.101 e. The maximum absolute atomic E-state index is 10.2. The number of rotatable bonds is 5. The molecule has 0 bridgehead atoms. The number of para-hydroxylation sites is 1. The van der Waals surface area contributed by atoms with Gasteiger partial charge in [0.25, 0.3) is 0 Å². The summed E-state index contributed by atoms with van der Waals surface area (Å²) in [5.74, 6) is 0.443. The van der Waals surface area contributed by atoms with Crippen molar-refractivity contribution in [3.05, 3.63) is 29.8 Å². The standard InChI is InChI=1S/C14H20N2O/c1-11(2)8-14(3,17)10-16-13-7-5-4-6-12(13)9-15/h4-7,11,16-17H,8,10H2,1-3H3. The molecule has 0 spiro atoms. The van der Waals surface area contributed by atoms with Gasteiger partial charge in [-0.2, -0.15) is 5.26 Å². The Kier molecular flexibility index (Phi) is 4.53. The molecule has 0 aliphatic rings. The van der Waals surface area contributed by atoms with E-state index in [1.807, 2.05) is 25.1 Å². The van der Waals surface area contributed by atoms with Gasteiger partial charge in [0.1, 0.15) is 6.07 Å². The second-order valence-corrected chi connectivity index (χ2v) is 5.11. The van der Waals surface area contributed by atoms with Crippen molar-refractivity contribution in [1.82, 2.24) is 0 Å². The Balaban J connectivity index is 2.64. The summed E-state index contributed by atoms with van der Waals surface area (Å²) in [4.78, 5) is 0. The average Bonchev–Trinajstić information content (AvgIpc) is 2.25.